The number of nitriles is 1. The zero-order chi connectivity index (χ0) is 23.4. The fourth-order valence-corrected chi connectivity index (χ4v) is 3.39. The number of nitrogen functional groups attached to an aromatic ring is 1. The number of hydroxylamine groups is 1. The first kappa shape index (κ1) is 22.2. The van der Waals surface area contributed by atoms with E-state index in [-0.39, 0.29) is 29.2 Å². The minimum Gasteiger partial charge on any atom is -0.471 e. The van der Waals surface area contributed by atoms with Gasteiger partial charge in [0, 0.05) is 19.0 Å². The smallest absolute Gasteiger partial charge is 0.284 e. The largest absolute Gasteiger partial charge is 0.471 e. The van der Waals surface area contributed by atoms with Crippen molar-refractivity contribution >= 4 is 11.7 Å². The number of hydrogen-bond donors (Lipinski definition) is 2. The van der Waals surface area contributed by atoms with Crippen LogP contribution in [-0.2, 0) is 16.6 Å². The molecule has 0 spiro atoms. The van der Waals surface area contributed by atoms with Crippen molar-refractivity contribution in [1.29, 1.82) is 5.26 Å². The van der Waals surface area contributed by atoms with E-state index in [1.54, 1.807) is 48.3 Å². The lowest BCUT2D eigenvalue weighted by Crippen LogP contribution is -2.29. The zero-order valence-electron chi connectivity index (χ0n) is 18.2. The molecule has 1 aliphatic rings. The topological polar surface area (TPSA) is 150 Å². The van der Waals surface area contributed by atoms with Gasteiger partial charge in [-0.25, -0.2) is 15.4 Å². The van der Waals surface area contributed by atoms with Gasteiger partial charge in [-0.3, -0.25) is 9.63 Å². The summed E-state index contributed by atoms with van der Waals surface area (Å²) < 4.78 is 13.1. The monoisotopic (exact) mass is 449 g/mol. The highest BCUT2D eigenvalue weighted by Gasteiger charge is 2.27. The summed E-state index contributed by atoms with van der Waals surface area (Å²) in [5, 5.41) is 9.19. The molecule has 1 amide bonds. The molecular formula is C22H23N7O4. The molecule has 4 rings (SSSR count). The minimum absolute atomic E-state index is 0.0182. The molecule has 1 aromatic carbocycles. The first-order chi connectivity index (χ1) is 16.0. The molecule has 1 saturated heterocycles. The van der Waals surface area contributed by atoms with Gasteiger partial charge in [0.2, 0.25) is 5.88 Å². The van der Waals surface area contributed by atoms with Crippen molar-refractivity contribution in [2.75, 3.05) is 18.9 Å². The lowest BCUT2D eigenvalue weighted by molar-refractivity contribution is -0.0120. The van der Waals surface area contributed by atoms with Crippen LogP contribution in [-0.4, -0.2) is 44.7 Å². The first-order valence-corrected chi connectivity index (χ1v) is 10.3. The molecule has 1 aliphatic heterocycles. The number of amides is 1. The number of aryl methyl sites for hydroxylation is 1. The van der Waals surface area contributed by atoms with Crippen LogP contribution in [0.15, 0.2) is 36.8 Å². The molecule has 3 heterocycles. The van der Waals surface area contributed by atoms with Gasteiger partial charge in [-0.15, -0.1) is 0 Å². The standard InChI is InChI=1S/C22H23N7O4/c1-13(17-10-25-12-29(17)2)33-28-21(30)18-19(24)26-20(15-5-3-4-14(8-15)9-23)27-22(18)32-16-6-7-31-11-16/h3-5,8,10,12-13,16H,6-7,11H2,1-2H3,(H,28,30)(H2,24,26,27)/t13?,16-/m0/s1. The van der Waals surface area contributed by atoms with E-state index >= 15 is 0 Å². The predicted octanol–water partition coefficient (Wildman–Crippen LogP) is 1.92. The van der Waals surface area contributed by atoms with E-state index in [1.165, 1.54) is 0 Å². The molecule has 0 bridgehead atoms. The molecule has 3 aromatic rings. The molecule has 2 aromatic heterocycles. The number of carbonyl (C=O) groups is 1. The molecular weight excluding hydrogens is 426 g/mol. The van der Waals surface area contributed by atoms with E-state index in [2.05, 4.69) is 26.5 Å². The Balaban J connectivity index is 1.63. The predicted molar refractivity (Wildman–Crippen MR) is 117 cm³/mol. The normalized spacial score (nSPS) is 16.2. The van der Waals surface area contributed by atoms with Crippen LogP contribution >= 0.6 is 0 Å². The summed E-state index contributed by atoms with van der Waals surface area (Å²) in [6.45, 7) is 2.70. The van der Waals surface area contributed by atoms with Crippen molar-refractivity contribution < 1.29 is 19.1 Å². The first-order valence-electron chi connectivity index (χ1n) is 10.3. The molecule has 0 aliphatic carbocycles. The lowest BCUT2D eigenvalue weighted by Gasteiger charge is -2.18. The van der Waals surface area contributed by atoms with Gasteiger partial charge in [-0.1, -0.05) is 12.1 Å². The number of carbonyl (C=O) groups excluding carboxylic acids is 1. The third-order valence-electron chi connectivity index (χ3n) is 5.15. The van der Waals surface area contributed by atoms with Crippen LogP contribution in [0.2, 0.25) is 0 Å². The number of benzene rings is 1. The maximum Gasteiger partial charge on any atom is 0.284 e. The van der Waals surface area contributed by atoms with Crippen molar-refractivity contribution in [3.05, 3.63) is 53.6 Å². The molecule has 11 nitrogen and oxygen atoms in total. The average Bonchev–Trinajstić information content (AvgIpc) is 3.48. The van der Waals surface area contributed by atoms with Gasteiger partial charge < -0.3 is 19.8 Å². The summed E-state index contributed by atoms with van der Waals surface area (Å²) in [6.07, 6.45) is 3.19. The van der Waals surface area contributed by atoms with Crippen molar-refractivity contribution in [1.82, 2.24) is 25.0 Å². The summed E-state index contributed by atoms with van der Waals surface area (Å²) in [4.78, 5) is 31.3. The number of rotatable bonds is 7. The van der Waals surface area contributed by atoms with Crippen LogP contribution < -0.4 is 16.0 Å². The number of nitrogens with two attached hydrogens (primary N) is 1. The molecule has 1 fully saturated rings. The number of anilines is 1. The maximum atomic E-state index is 13.0. The van der Waals surface area contributed by atoms with E-state index in [1.807, 2.05) is 7.05 Å². The van der Waals surface area contributed by atoms with E-state index in [4.69, 9.17) is 20.0 Å². The van der Waals surface area contributed by atoms with E-state index in [0.717, 1.165) is 5.69 Å². The highest BCUT2D eigenvalue weighted by molar-refractivity contribution is 6.00. The quantitative estimate of drug-likeness (QED) is 0.516. The number of ether oxygens (including phenoxy) is 2. The van der Waals surface area contributed by atoms with Crippen LogP contribution in [0.5, 0.6) is 5.88 Å². The van der Waals surface area contributed by atoms with Crippen molar-refractivity contribution in [3.63, 3.8) is 0 Å². The number of hydrogen-bond acceptors (Lipinski definition) is 9. The Morgan fingerprint density at radius 2 is 2.27 bits per heavy atom. The van der Waals surface area contributed by atoms with Gasteiger partial charge in [-0.05, 0) is 19.1 Å². The summed E-state index contributed by atoms with van der Waals surface area (Å²) >= 11 is 0. The summed E-state index contributed by atoms with van der Waals surface area (Å²) in [5.74, 6) is -0.470. The number of aromatic nitrogens is 4. The highest BCUT2D eigenvalue weighted by Crippen LogP contribution is 2.28. The molecule has 1 unspecified atom stereocenters. The zero-order valence-corrected chi connectivity index (χ0v) is 18.2. The second-order valence-corrected chi connectivity index (χ2v) is 7.53. The van der Waals surface area contributed by atoms with Crippen LogP contribution in [0.1, 0.15) is 41.1 Å². The molecule has 0 saturated carbocycles. The maximum absolute atomic E-state index is 13.0. The second-order valence-electron chi connectivity index (χ2n) is 7.53. The van der Waals surface area contributed by atoms with E-state index in [0.29, 0.717) is 30.8 Å². The van der Waals surface area contributed by atoms with Crippen LogP contribution in [0, 0.1) is 11.3 Å². The van der Waals surface area contributed by atoms with Crippen molar-refractivity contribution in [2.24, 2.45) is 7.05 Å². The molecule has 11 heteroatoms. The third-order valence-corrected chi connectivity index (χ3v) is 5.15. The SMILES string of the molecule is CC(ONC(=O)c1c(N)nc(-c2cccc(C#N)c2)nc1O[C@H]1CCOC1)c1cncn1C. The summed E-state index contributed by atoms with van der Waals surface area (Å²) in [5.41, 5.74) is 10.3. The Morgan fingerprint density at radius 1 is 1.42 bits per heavy atom. The fraction of sp³-hybridized carbons (Fsp3) is 0.318. The molecule has 3 N–H and O–H groups in total. The third kappa shape index (κ3) is 4.92. The van der Waals surface area contributed by atoms with Crippen LogP contribution in [0.4, 0.5) is 5.82 Å². The molecule has 170 valence electrons. The fourth-order valence-electron chi connectivity index (χ4n) is 3.39. The Morgan fingerprint density at radius 3 is 2.97 bits per heavy atom. The number of nitrogens with zero attached hydrogens (tertiary/aromatic N) is 5. The van der Waals surface area contributed by atoms with Gasteiger partial charge in [-0.2, -0.15) is 10.2 Å². The Labute approximate surface area is 190 Å². The van der Waals surface area contributed by atoms with E-state index in [9.17, 15) is 10.1 Å². The number of nitrogens with one attached hydrogen (secondary N) is 1. The second kappa shape index (κ2) is 9.64. The van der Waals surface area contributed by atoms with Gasteiger partial charge in [0.25, 0.3) is 5.91 Å². The minimum atomic E-state index is -0.646. The summed E-state index contributed by atoms with van der Waals surface area (Å²) in [6, 6.07) is 8.84. The van der Waals surface area contributed by atoms with Crippen molar-refractivity contribution in [2.45, 2.75) is 25.6 Å². The van der Waals surface area contributed by atoms with Gasteiger partial charge in [0.15, 0.2) is 5.82 Å². The lowest BCUT2D eigenvalue weighted by atomic mass is 10.1. The van der Waals surface area contributed by atoms with Crippen LogP contribution in [0.3, 0.4) is 0 Å². The highest BCUT2D eigenvalue weighted by atomic mass is 16.7. The van der Waals surface area contributed by atoms with Crippen molar-refractivity contribution in [3.8, 4) is 23.3 Å². The molecule has 2 atom stereocenters. The van der Waals surface area contributed by atoms with Gasteiger partial charge in [0.1, 0.15) is 23.6 Å². The Hall–Kier alpha value is -4.01. The molecule has 33 heavy (non-hydrogen) atoms. The Kier molecular flexibility index (Phi) is 6.48. The van der Waals surface area contributed by atoms with Gasteiger partial charge in [0.05, 0.1) is 43.1 Å². The van der Waals surface area contributed by atoms with E-state index < -0.39 is 12.0 Å². The Bertz CT molecular complexity index is 1200. The van der Waals surface area contributed by atoms with Crippen LogP contribution in [0.25, 0.3) is 11.4 Å². The number of imidazole rings is 1. The average molecular weight is 449 g/mol. The van der Waals surface area contributed by atoms with Gasteiger partial charge >= 0.3 is 0 Å². The summed E-state index contributed by atoms with van der Waals surface area (Å²) in [7, 11) is 1.82. The molecule has 0 radical (unpaired) electrons.